The van der Waals surface area contributed by atoms with Crippen LogP contribution in [0.5, 0.6) is 0 Å². The summed E-state index contributed by atoms with van der Waals surface area (Å²) in [6.07, 6.45) is 51.6. The van der Waals surface area contributed by atoms with E-state index in [0.29, 0.717) is 19.3 Å². The Balaban J connectivity index is 4.25. The van der Waals surface area contributed by atoms with E-state index in [1.54, 1.807) is 0 Å². The molecule has 6 heteroatoms. The molecule has 0 bridgehead atoms. The van der Waals surface area contributed by atoms with Gasteiger partial charge in [0.25, 0.3) is 0 Å². The van der Waals surface area contributed by atoms with Crippen LogP contribution in [0.25, 0.3) is 0 Å². The van der Waals surface area contributed by atoms with Crippen molar-refractivity contribution in [2.24, 2.45) is 0 Å². The summed E-state index contributed by atoms with van der Waals surface area (Å²) in [5.74, 6) is -0.866. The van der Waals surface area contributed by atoms with Gasteiger partial charge in [-0.25, -0.2) is 0 Å². The molecule has 0 aromatic heterocycles. The maximum Gasteiger partial charge on any atom is 0.306 e. The average molecular weight is 803 g/mol. The van der Waals surface area contributed by atoms with Gasteiger partial charge < -0.3 is 14.2 Å². The maximum atomic E-state index is 12.7. The quantitative estimate of drug-likeness (QED) is 0.0264. The zero-order valence-electron chi connectivity index (χ0n) is 38.1. The average Bonchev–Trinajstić information content (AvgIpc) is 3.21. The Morgan fingerprint density at radius 2 is 0.632 bits per heavy atom. The van der Waals surface area contributed by atoms with E-state index >= 15 is 0 Å². The minimum absolute atomic E-state index is 0.0683. The van der Waals surface area contributed by atoms with E-state index in [-0.39, 0.29) is 31.1 Å². The smallest absolute Gasteiger partial charge is 0.306 e. The fraction of sp³-hybridized carbons (Fsp3) is 0.863. The van der Waals surface area contributed by atoms with Crippen LogP contribution < -0.4 is 0 Å². The molecule has 0 fully saturated rings. The first-order valence-corrected chi connectivity index (χ1v) is 24.8. The number of rotatable bonds is 45. The molecule has 57 heavy (non-hydrogen) atoms. The first-order chi connectivity index (χ1) is 28.0. The minimum Gasteiger partial charge on any atom is -0.462 e. The Kier molecular flexibility index (Phi) is 44.9. The van der Waals surface area contributed by atoms with Crippen LogP contribution >= 0.6 is 0 Å². The summed E-state index contributed by atoms with van der Waals surface area (Å²) < 4.78 is 16.7. The SMILES string of the molecule is CCCCC/C=C\C/C=C\CCCCCCCCCCCC(=O)OC[C@@H](COC(=O)CCCCCCCCCCCC)OC(=O)CCCCCCCCCCCC. The number of hydrogen-bond donors (Lipinski definition) is 0. The van der Waals surface area contributed by atoms with Crippen molar-refractivity contribution < 1.29 is 28.6 Å². The number of carbonyl (C=O) groups excluding carboxylic acids is 3. The normalized spacial score (nSPS) is 12.1. The van der Waals surface area contributed by atoms with Gasteiger partial charge in [0, 0.05) is 19.3 Å². The zero-order valence-corrected chi connectivity index (χ0v) is 38.1. The molecule has 0 heterocycles. The molecule has 6 nitrogen and oxygen atoms in total. The highest BCUT2D eigenvalue weighted by Gasteiger charge is 2.19. The largest absolute Gasteiger partial charge is 0.462 e. The summed E-state index contributed by atoms with van der Waals surface area (Å²) in [5.41, 5.74) is 0. The molecule has 334 valence electrons. The molecule has 0 amide bonds. The standard InChI is InChI=1S/C51H94O6/c1-4-7-10-13-16-19-22-23-24-25-26-27-28-29-30-33-35-38-41-44-50(53)56-47-48(57-51(54)45-42-39-36-32-21-18-15-12-9-6-3)46-55-49(52)43-40-37-34-31-20-17-14-11-8-5-2/h16,19,23-24,48H,4-15,17-18,20-22,25-47H2,1-3H3/b19-16-,24-23-/t48-/m1/s1. The number of hydrogen-bond acceptors (Lipinski definition) is 6. The van der Waals surface area contributed by atoms with Gasteiger partial charge in [0.15, 0.2) is 6.10 Å². The Morgan fingerprint density at radius 1 is 0.351 bits per heavy atom. The molecule has 0 N–H and O–H groups in total. The molecule has 0 radical (unpaired) electrons. The number of carbonyl (C=O) groups is 3. The molecule has 0 aromatic carbocycles. The lowest BCUT2D eigenvalue weighted by Gasteiger charge is -2.18. The highest BCUT2D eigenvalue weighted by Crippen LogP contribution is 2.15. The van der Waals surface area contributed by atoms with E-state index in [0.717, 1.165) is 64.2 Å². The summed E-state index contributed by atoms with van der Waals surface area (Å²) in [4.78, 5) is 37.8. The maximum absolute atomic E-state index is 12.7. The zero-order chi connectivity index (χ0) is 41.5. The Bertz CT molecular complexity index is 927. The summed E-state index contributed by atoms with van der Waals surface area (Å²) in [6.45, 7) is 6.60. The van der Waals surface area contributed by atoms with Crippen LogP contribution in [0.2, 0.25) is 0 Å². The van der Waals surface area contributed by atoms with E-state index in [1.165, 1.54) is 161 Å². The first kappa shape index (κ1) is 54.9. The summed E-state index contributed by atoms with van der Waals surface area (Å²) in [7, 11) is 0. The topological polar surface area (TPSA) is 78.9 Å². The number of ether oxygens (including phenoxy) is 3. The predicted octanol–water partition coefficient (Wildman–Crippen LogP) is 16.0. The molecule has 0 saturated heterocycles. The number of allylic oxidation sites excluding steroid dienone is 4. The molecular weight excluding hydrogens is 709 g/mol. The molecule has 0 aliphatic heterocycles. The van der Waals surface area contributed by atoms with Crippen molar-refractivity contribution in [3.8, 4) is 0 Å². The van der Waals surface area contributed by atoms with Gasteiger partial charge >= 0.3 is 17.9 Å². The third kappa shape index (κ3) is 44.8. The second-order valence-corrected chi connectivity index (χ2v) is 16.7. The highest BCUT2D eigenvalue weighted by atomic mass is 16.6. The molecule has 0 rings (SSSR count). The monoisotopic (exact) mass is 803 g/mol. The molecule has 1 atom stereocenters. The molecule has 0 saturated carbocycles. The van der Waals surface area contributed by atoms with Gasteiger partial charge in [-0.3, -0.25) is 14.4 Å². The fourth-order valence-electron chi connectivity index (χ4n) is 7.18. The van der Waals surface area contributed by atoms with Gasteiger partial charge in [0.1, 0.15) is 13.2 Å². The highest BCUT2D eigenvalue weighted by molar-refractivity contribution is 5.71. The van der Waals surface area contributed by atoms with Gasteiger partial charge in [-0.1, -0.05) is 218 Å². The number of esters is 3. The summed E-state index contributed by atoms with van der Waals surface area (Å²) in [6, 6.07) is 0. The van der Waals surface area contributed by atoms with Crippen molar-refractivity contribution in [2.75, 3.05) is 13.2 Å². The van der Waals surface area contributed by atoms with Gasteiger partial charge in [-0.05, 0) is 51.4 Å². The Hall–Kier alpha value is -2.11. The van der Waals surface area contributed by atoms with Crippen molar-refractivity contribution in [3.63, 3.8) is 0 Å². The fourth-order valence-corrected chi connectivity index (χ4v) is 7.18. The predicted molar refractivity (Wildman–Crippen MR) is 243 cm³/mol. The van der Waals surface area contributed by atoms with Crippen molar-refractivity contribution >= 4 is 17.9 Å². The van der Waals surface area contributed by atoms with E-state index < -0.39 is 6.10 Å². The molecule has 0 spiro atoms. The summed E-state index contributed by atoms with van der Waals surface area (Å²) >= 11 is 0. The van der Waals surface area contributed by atoms with Crippen molar-refractivity contribution in [2.45, 2.75) is 271 Å². The van der Waals surface area contributed by atoms with Crippen LogP contribution in [-0.2, 0) is 28.6 Å². The van der Waals surface area contributed by atoms with E-state index in [4.69, 9.17) is 14.2 Å². The van der Waals surface area contributed by atoms with Crippen LogP contribution in [0.1, 0.15) is 265 Å². The van der Waals surface area contributed by atoms with Crippen molar-refractivity contribution in [1.82, 2.24) is 0 Å². The van der Waals surface area contributed by atoms with Crippen LogP contribution in [0.3, 0.4) is 0 Å². The molecule has 0 unspecified atom stereocenters. The second-order valence-electron chi connectivity index (χ2n) is 16.7. The molecule has 0 aliphatic carbocycles. The van der Waals surface area contributed by atoms with Gasteiger partial charge in [0.05, 0.1) is 0 Å². The van der Waals surface area contributed by atoms with Gasteiger partial charge in [0.2, 0.25) is 0 Å². The summed E-state index contributed by atoms with van der Waals surface area (Å²) in [5, 5.41) is 0. The van der Waals surface area contributed by atoms with E-state index in [2.05, 4.69) is 45.1 Å². The van der Waals surface area contributed by atoms with E-state index in [9.17, 15) is 14.4 Å². The lowest BCUT2D eigenvalue weighted by Crippen LogP contribution is -2.30. The molecular formula is C51H94O6. The lowest BCUT2D eigenvalue weighted by molar-refractivity contribution is -0.167. The van der Waals surface area contributed by atoms with Crippen LogP contribution in [0.15, 0.2) is 24.3 Å². The lowest BCUT2D eigenvalue weighted by atomic mass is 10.1. The van der Waals surface area contributed by atoms with Crippen molar-refractivity contribution in [1.29, 1.82) is 0 Å². The third-order valence-corrected chi connectivity index (χ3v) is 11.0. The Labute approximate surface area is 353 Å². The molecule has 0 aromatic rings. The first-order valence-electron chi connectivity index (χ1n) is 24.8. The second kappa shape index (κ2) is 46.6. The molecule has 0 aliphatic rings. The number of unbranched alkanes of at least 4 members (excludes halogenated alkanes) is 30. The van der Waals surface area contributed by atoms with Crippen LogP contribution in [0.4, 0.5) is 0 Å². The third-order valence-electron chi connectivity index (χ3n) is 11.0. The van der Waals surface area contributed by atoms with Crippen LogP contribution in [0, 0.1) is 0 Å². The van der Waals surface area contributed by atoms with E-state index in [1.807, 2.05) is 0 Å². The Morgan fingerprint density at radius 3 is 1.00 bits per heavy atom. The van der Waals surface area contributed by atoms with Gasteiger partial charge in [-0.15, -0.1) is 0 Å². The van der Waals surface area contributed by atoms with Crippen molar-refractivity contribution in [3.05, 3.63) is 24.3 Å². The van der Waals surface area contributed by atoms with Gasteiger partial charge in [-0.2, -0.15) is 0 Å². The van der Waals surface area contributed by atoms with Crippen LogP contribution in [-0.4, -0.2) is 37.2 Å². The minimum atomic E-state index is -0.764.